The monoisotopic (exact) mass is 256 g/mol. The van der Waals surface area contributed by atoms with Crippen molar-refractivity contribution in [2.75, 3.05) is 7.11 Å². The van der Waals surface area contributed by atoms with Crippen LogP contribution in [-0.4, -0.2) is 22.2 Å². The highest BCUT2D eigenvalue weighted by Crippen LogP contribution is 2.19. The summed E-state index contributed by atoms with van der Waals surface area (Å²) in [6.07, 6.45) is 9.79. The van der Waals surface area contributed by atoms with Gasteiger partial charge >= 0.3 is 0 Å². The summed E-state index contributed by atoms with van der Waals surface area (Å²) in [4.78, 5) is 8.40. The van der Waals surface area contributed by atoms with Crippen LogP contribution in [0.2, 0.25) is 0 Å². The van der Waals surface area contributed by atoms with Gasteiger partial charge in [0.15, 0.2) is 5.82 Å². The maximum atomic E-state index is 7.00. The first-order valence-corrected chi connectivity index (χ1v) is 6.35. The zero-order chi connectivity index (χ0) is 13.9. The van der Waals surface area contributed by atoms with Crippen molar-refractivity contribution < 1.29 is 5.11 Å². The highest BCUT2D eigenvalue weighted by Gasteiger charge is 2.02. The normalized spacial score (nSPS) is 11.3. The molecule has 1 saturated carbocycles. The van der Waals surface area contributed by atoms with Crippen LogP contribution < -0.4 is 0 Å². The lowest BCUT2D eigenvalue weighted by molar-refractivity contribution is 0.399. The number of aliphatic hydroxyl groups excluding tert-OH is 1. The summed E-state index contributed by atoms with van der Waals surface area (Å²) in [6, 6.07) is 9.74. The van der Waals surface area contributed by atoms with E-state index in [2.05, 4.69) is 16.5 Å². The van der Waals surface area contributed by atoms with Gasteiger partial charge in [-0.25, -0.2) is 9.97 Å². The third-order valence-corrected chi connectivity index (χ3v) is 2.34. The largest absolute Gasteiger partial charge is 0.400 e. The minimum absolute atomic E-state index is 0.739. The fourth-order valence-corrected chi connectivity index (χ4v) is 1.32. The van der Waals surface area contributed by atoms with E-state index in [1.807, 2.05) is 30.3 Å². The molecule has 3 nitrogen and oxygen atoms in total. The van der Waals surface area contributed by atoms with Crippen LogP contribution >= 0.6 is 0 Å². The number of nitrogens with zero attached hydrogens (tertiary/aromatic N) is 2. The van der Waals surface area contributed by atoms with Gasteiger partial charge in [-0.1, -0.05) is 56.2 Å². The van der Waals surface area contributed by atoms with Crippen molar-refractivity contribution in [3.63, 3.8) is 0 Å². The molecule has 19 heavy (non-hydrogen) atoms. The fourth-order valence-electron chi connectivity index (χ4n) is 1.32. The molecule has 0 amide bonds. The molecule has 2 aromatic rings. The quantitative estimate of drug-likeness (QED) is 0.893. The van der Waals surface area contributed by atoms with Crippen LogP contribution in [0.5, 0.6) is 0 Å². The Labute approximate surface area is 114 Å². The molecule has 0 atom stereocenters. The van der Waals surface area contributed by atoms with Crippen molar-refractivity contribution in [2.24, 2.45) is 0 Å². The van der Waals surface area contributed by atoms with Crippen LogP contribution in [0, 0.1) is 0 Å². The average molecular weight is 256 g/mol. The Morgan fingerprint density at radius 1 is 1.00 bits per heavy atom. The van der Waals surface area contributed by atoms with E-state index in [-0.39, 0.29) is 0 Å². The summed E-state index contributed by atoms with van der Waals surface area (Å²) >= 11 is 0. The minimum Gasteiger partial charge on any atom is -0.400 e. The predicted molar refractivity (Wildman–Crippen MR) is 79.6 cm³/mol. The SMILES string of the molecule is C1CC1.C=Cc1ccccc1-c1ncccn1.CO. The first kappa shape index (κ1) is 15.1. The Morgan fingerprint density at radius 2 is 1.58 bits per heavy atom. The standard InChI is InChI=1S/C12H10N2.C3H6.CH4O/c1-2-10-6-3-4-7-11(10)12-13-8-5-9-14-12;1-2-3-1;1-2/h2-9H,1H2;1-3H2;2H,1H3. The lowest BCUT2D eigenvalue weighted by Gasteiger charge is -2.02. The average Bonchev–Trinajstić information content (AvgIpc) is 3.39. The molecule has 1 heterocycles. The second kappa shape index (κ2) is 9.00. The Balaban J connectivity index is 0.000000308. The molecular formula is C16H20N2O. The molecule has 1 aromatic heterocycles. The molecule has 0 saturated heterocycles. The number of aromatic nitrogens is 2. The molecule has 1 aliphatic rings. The molecule has 1 fully saturated rings. The molecule has 0 unspecified atom stereocenters. The number of rotatable bonds is 2. The van der Waals surface area contributed by atoms with Gasteiger partial charge in [0.1, 0.15) is 0 Å². The summed E-state index contributed by atoms with van der Waals surface area (Å²) in [6.45, 7) is 3.76. The Hall–Kier alpha value is -2.00. The molecular weight excluding hydrogens is 236 g/mol. The number of hydrogen-bond donors (Lipinski definition) is 1. The van der Waals surface area contributed by atoms with E-state index < -0.39 is 0 Å². The predicted octanol–water partition coefficient (Wildman–Crippen LogP) is 3.57. The lowest BCUT2D eigenvalue weighted by Crippen LogP contribution is -1.88. The van der Waals surface area contributed by atoms with Gasteiger partial charge in [-0.3, -0.25) is 0 Å². The van der Waals surface area contributed by atoms with Crippen LogP contribution in [0.1, 0.15) is 24.8 Å². The van der Waals surface area contributed by atoms with E-state index in [1.54, 1.807) is 18.5 Å². The van der Waals surface area contributed by atoms with Crippen molar-refractivity contribution >= 4 is 6.08 Å². The van der Waals surface area contributed by atoms with Crippen molar-refractivity contribution in [1.82, 2.24) is 9.97 Å². The Bertz CT molecular complexity index is 478. The second-order valence-corrected chi connectivity index (χ2v) is 3.92. The topological polar surface area (TPSA) is 46.0 Å². The van der Waals surface area contributed by atoms with Crippen molar-refractivity contribution in [3.8, 4) is 11.4 Å². The van der Waals surface area contributed by atoms with E-state index in [0.29, 0.717) is 0 Å². The third kappa shape index (κ3) is 5.44. The van der Waals surface area contributed by atoms with Gasteiger partial charge < -0.3 is 5.11 Å². The number of hydrogen-bond acceptors (Lipinski definition) is 3. The maximum Gasteiger partial charge on any atom is 0.159 e. The summed E-state index contributed by atoms with van der Waals surface area (Å²) in [5.74, 6) is 0.739. The summed E-state index contributed by atoms with van der Waals surface area (Å²) in [5.41, 5.74) is 2.07. The van der Waals surface area contributed by atoms with Gasteiger partial charge in [-0.2, -0.15) is 0 Å². The van der Waals surface area contributed by atoms with Crippen molar-refractivity contribution in [1.29, 1.82) is 0 Å². The van der Waals surface area contributed by atoms with Crippen LogP contribution in [0.4, 0.5) is 0 Å². The molecule has 0 aliphatic heterocycles. The van der Waals surface area contributed by atoms with Crippen LogP contribution in [-0.2, 0) is 0 Å². The van der Waals surface area contributed by atoms with Crippen molar-refractivity contribution in [3.05, 3.63) is 54.9 Å². The van der Waals surface area contributed by atoms with Gasteiger partial charge in [-0.05, 0) is 11.6 Å². The van der Waals surface area contributed by atoms with Crippen LogP contribution in [0.25, 0.3) is 17.5 Å². The smallest absolute Gasteiger partial charge is 0.159 e. The van der Waals surface area contributed by atoms with E-state index >= 15 is 0 Å². The first-order valence-electron chi connectivity index (χ1n) is 6.35. The van der Waals surface area contributed by atoms with E-state index in [4.69, 9.17) is 5.11 Å². The molecule has 100 valence electrons. The van der Waals surface area contributed by atoms with Crippen molar-refractivity contribution in [2.45, 2.75) is 19.3 Å². The zero-order valence-corrected chi connectivity index (χ0v) is 11.3. The summed E-state index contributed by atoms with van der Waals surface area (Å²) < 4.78 is 0. The lowest BCUT2D eigenvalue weighted by atomic mass is 10.1. The molecule has 0 radical (unpaired) electrons. The van der Waals surface area contributed by atoms with Gasteiger partial charge in [-0.15, -0.1) is 0 Å². The van der Waals surface area contributed by atoms with Gasteiger partial charge in [0.25, 0.3) is 0 Å². The Morgan fingerprint density at radius 3 is 2.11 bits per heavy atom. The second-order valence-electron chi connectivity index (χ2n) is 3.92. The molecule has 0 bridgehead atoms. The maximum absolute atomic E-state index is 7.00. The van der Waals surface area contributed by atoms with E-state index in [0.717, 1.165) is 24.1 Å². The van der Waals surface area contributed by atoms with Gasteiger partial charge in [0, 0.05) is 25.1 Å². The third-order valence-electron chi connectivity index (χ3n) is 2.34. The fraction of sp³-hybridized carbons (Fsp3) is 0.250. The summed E-state index contributed by atoms with van der Waals surface area (Å²) in [7, 11) is 1.00. The van der Waals surface area contributed by atoms with Gasteiger partial charge in [0.05, 0.1) is 0 Å². The highest BCUT2D eigenvalue weighted by atomic mass is 16.2. The minimum atomic E-state index is 0.739. The van der Waals surface area contributed by atoms with Crippen LogP contribution in [0.15, 0.2) is 49.3 Å². The number of aliphatic hydroxyl groups is 1. The molecule has 1 aliphatic carbocycles. The van der Waals surface area contributed by atoms with E-state index in [9.17, 15) is 0 Å². The zero-order valence-electron chi connectivity index (χ0n) is 11.3. The number of benzene rings is 1. The van der Waals surface area contributed by atoms with Gasteiger partial charge in [0.2, 0.25) is 0 Å². The Kier molecular flexibility index (Phi) is 7.13. The molecule has 0 spiro atoms. The van der Waals surface area contributed by atoms with Crippen LogP contribution in [0.3, 0.4) is 0 Å². The first-order chi connectivity index (χ1) is 9.42. The molecule has 1 N–H and O–H groups in total. The molecule has 3 heteroatoms. The molecule has 1 aromatic carbocycles. The summed E-state index contributed by atoms with van der Waals surface area (Å²) in [5, 5.41) is 7.00. The molecule has 3 rings (SSSR count). The van der Waals surface area contributed by atoms with E-state index in [1.165, 1.54) is 19.3 Å². The highest BCUT2D eigenvalue weighted by molar-refractivity contribution is 5.69.